The molecule has 3 rings (SSSR count). The van der Waals surface area contributed by atoms with Gasteiger partial charge < -0.3 is 24.5 Å². The van der Waals surface area contributed by atoms with Gasteiger partial charge in [0.05, 0.1) is 25.8 Å². The van der Waals surface area contributed by atoms with Crippen LogP contribution in [0, 0.1) is 5.92 Å². The SMILES string of the molecule is COc1ccc(CNC(=O)C2CC(=O)N(Cc3ccco3)C2)cc1C(=O)O. The number of rotatable bonds is 7. The number of carbonyl (C=O) groups is 3. The van der Waals surface area contributed by atoms with Gasteiger partial charge in [-0.1, -0.05) is 6.07 Å². The van der Waals surface area contributed by atoms with E-state index >= 15 is 0 Å². The Hall–Kier alpha value is -3.29. The summed E-state index contributed by atoms with van der Waals surface area (Å²) >= 11 is 0. The lowest BCUT2D eigenvalue weighted by Crippen LogP contribution is -2.32. The molecule has 2 aromatic rings. The molecule has 1 aromatic carbocycles. The second kappa shape index (κ2) is 7.94. The van der Waals surface area contributed by atoms with E-state index in [1.165, 1.54) is 13.2 Å². The van der Waals surface area contributed by atoms with Gasteiger partial charge in [-0.15, -0.1) is 0 Å². The summed E-state index contributed by atoms with van der Waals surface area (Å²) in [6.07, 6.45) is 1.69. The maximum atomic E-state index is 12.4. The standard InChI is InChI=1S/C19H20N2O6/c1-26-16-5-4-12(7-15(16)19(24)25)9-20-18(23)13-8-17(22)21(10-13)11-14-3-2-6-27-14/h2-7,13H,8-11H2,1H3,(H,20,23)(H,24,25). The fourth-order valence-electron chi connectivity index (χ4n) is 3.06. The van der Waals surface area contributed by atoms with Crippen LogP contribution in [-0.2, 0) is 22.7 Å². The van der Waals surface area contributed by atoms with Crippen molar-refractivity contribution in [1.29, 1.82) is 0 Å². The highest BCUT2D eigenvalue weighted by molar-refractivity contribution is 5.91. The van der Waals surface area contributed by atoms with Crippen LogP contribution in [0.4, 0.5) is 0 Å². The van der Waals surface area contributed by atoms with Crippen LogP contribution < -0.4 is 10.1 Å². The summed E-state index contributed by atoms with van der Waals surface area (Å²) < 4.78 is 10.3. The summed E-state index contributed by atoms with van der Waals surface area (Å²) in [4.78, 5) is 37.4. The Labute approximate surface area is 155 Å². The molecule has 0 radical (unpaired) electrons. The summed E-state index contributed by atoms with van der Waals surface area (Å²) in [5.41, 5.74) is 0.670. The number of furan rings is 1. The van der Waals surface area contributed by atoms with Gasteiger partial charge in [-0.25, -0.2) is 4.79 Å². The maximum absolute atomic E-state index is 12.4. The van der Waals surface area contributed by atoms with Gasteiger partial charge in [0.15, 0.2) is 0 Å². The van der Waals surface area contributed by atoms with Crippen molar-refractivity contribution in [3.05, 3.63) is 53.5 Å². The van der Waals surface area contributed by atoms with Gasteiger partial charge in [0, 0.05) is 19.5 Å². The molecule has 8 heteroatoms. The van der Waals surface area contributed by atoms with E-state index in [0.717, 1.165) is 0 Å². The number of amides is 2. The number of hydrogen-bond acceptors (Lipinski definition) is 5. The third-order valence-electron chi connectivity index (χ3n) is 4.47. The fourth-order valence-corrected chi connectivity index (χ4v) is 3.06. The van der Waals surface area contributed by atoms with Crippen LogP contribution in [0.15, 0.2) is 41.0 Å². The predicted octanol–water partition coefficient (Wildman–Crippen LogP) is 1.65. The maximum Gasteiger partial charge on any atom is 0.339 e. The number of nitrogens with zero attached hydrogens (tertiary/aromatic N) is 1. The van der Waals surface area contributed by atoms with Gasteiger partial charge in [-0.2, -0.15) is 0 Å². The highest BCUT2D eigenvalue weighted by Crippen LogP contribution is 2.22. The molecule has 1 saturated heterocycles. The molecule has 1 unspecified atom stereocenters. The molecule has 27 heavy (non-hydrogen) atoms. The van der Waals surface area contributed by atoms with Crippen molar-refractivity contribution in [2.75, 3.05) is 13.7 Å². The van der Waals surface area contributed by atoms with Gasteiger partial charge in [0.1, 0.15) is 17.1 Å². The molecule has 1 fully saturated rings. The molecule has 2 amide bonds. The Morgan fingerprint density at radius 1 is 1.37 bits per heavy atom. The zero-order chi connectivity index (χ0) is 19.4. The number of nitrogens with one attached hydrogen (secondary N) is 1. The molecule has 0 aliphatic carbocycles. The molecule has 0 spiro atoms. The Kier molecular flexibility index (Phi) is 5.44. The van der Waals surface area contributed by atoms with Crippen LogP contribution in [0.2, 0.25) is 0 Å². The molecular formula is C19H20N2O6. The normalized spacial score (nSPS) is 16.4. The molecule has 8 nitrogen and oxygen atoms in total. The van der Waals surface area contributed by atoms with Crippen molar-refractivity contribution in [2.45, 2.75) is 19.5 Å². The smallest absolute Gasteiger partial charge is 0.339 e. The van der Waals surface area contributed by atoms with Crippen LogP contribution in [0.5, 0.6) is 5.75 Å². The molecule has 1 aromatic heterocycles. The summed E-state index contributed by atoms with van der Waals surface area (Å²) in [7, 11) is 1.40. The number of benzene rings is 1. The lowest BCUT2D eigenvalue weighted by atomic mass is 10.1. The topological polar surface area (TPSA) is 109 Å². The van der Waals surface area contributed by atoms with Crippen LogP contribution in [-0.4, -0.2) is 41.4 Å². The highest BCUT2D eigenvalue weighted by Gasteiger charge is 2.34. The van der Waals surface area contributed by atoms with E-state index in [-0.39, 0.29) is 36.1 Å². The van der Waals surface area contributed by atoms with Gasteiger partial charge in [0.25, 0.3) is 0 Å². The Morgan fingerprint density at radius 3 is 2.85 bits per heavy atom. The van der Waals surface area contributed by atoms with E-state index in [1.807, 2.05) is 0 Å². The number of ether oxygens (including phenoxy) is 1. The van der Waals surface area contributed by atoms with Gasteiger partial charge >= 0.3 is 5.97 Å². The van der Waals surface area contributed by atoms with E-state index < -0.39 is 11.9 Å². The second-order valence-electron chi connectivity index (χ2n) is 6.31. The minimum absolute atomic E-state index is 0.0323. The molecular weight excluding hydrogens is 352 g/mol. The second-order valence-corrected chi connectivity index (χ2v) is 6.31. The van der Waals surface area contributed by atoms with Crippen LogP contribution in [0.25, 0.3) is 0 Å². The molecule has 142 valence electrons. The minimum Gasteiger partial charge on any atom is -0.496 e. The summed E-state index contributed by atoms with van der Waals surface area (Å²) in [5.74, 6) is -0.946. The van der Waals surface area contributed by atoms with Crippen molar-refractivity contribution in [2.24, 2.45) is 5.92 Å². The molecule has 1 aliphatic heterocycles. The zero-order valence-electron chi connectivity index (χ0n) is 14.8. The molecule has 2 N–H and O–H groups in total. The van der Waals surface area contributed by atoms with Gasteiger partial charge in [-0.3, -0.25) is 9.59 Å². The largest absolute Gasteiger partial charge is 0.496 e. The summed E-state index contributed by atoms with van der Waals surface area (Å²) in [6, 6.07) is 8.23. The fraction of sp³-hybridized carbons (Fsp3) is 0.316. The van der Waals surface area contributed by atoms with Crippen molar-refractivity contribution in [3.63, 3.8) is 0 Å². The Morgan fingerprint density at radius 2 is 2.19 bits per heavy atom. The monoisotopic (exact) mass is 372 g/mol. The Bertz CT molecular complexity index is 846. The lowest BCUT2D eigenvalue weighted by Gasteiger charge is -2.15. The first-order chi connectivity index (χ1) is 13.0. The first kappa shape index (κ1) is 18.5. The first-order valence-corrected chi connectivity index (χ1v) is 8.46. The number of aromatic carboxylic acids is 1. The summed E-state index contributed by atoms with van der Waals surface area (Å²) in [5, 5.41) is 12.0. The van der Waals surface area contributed by atoms with E-state index in [9.17, 15) is 19.5 Å². The van der Waals surface area contributed by atoms with E-state index in [0.29, 0.717) is 24.4 Å². The number of carboxylic acids is 1. The first-order valence-electron chi connectivity index (χ1n) is 8.46. The van der Waals surface area contributed by atoms with Crippen molar-refractivity contribution < 1.29 is 28.6 Å². The minimum atomic E-state index is -1.10. The number of methoxy groups -OCH3 is 1. The third kappa shape index (κ3) is 4.28. The van der Waals surface area contributed by atoms with Crippen molar-refractivity contribution >= 4 is 17.8 Å². The Balaban J connectivity index is 1.57. The van der Waals surface area contributed by atoms with Gasteiger partial charge in [-0.05, 0) is 29.8 Å². The third-order valence-corrected chi connectivity index (χ3v) is 4.47. The van der Waals surface area contributed by atoms with Crippen LogP contribution in [0.3, 0.4) is 0 Å². The average molecular weight is 372 g/mol. The molecule has 1 aliphatic rings. The average Bonchev–Trinajstić information content (AvgIpc) is 3.30. The van der Waals surface area contributed by atoms with E-state index in [2.05, 4.69) is 5.32 Å². The lowest BCUT2D eigenvalue weighted by molar-refractivity contribution is -0.129. The number of hydrogen-bond donors (Lipinski definition) is 2. The molecule has 1 atom stereocenters. The quantitative estimate of drug-likeness (QED) is 0.765. The van der Waals surface area contributed by atoms with Gasteiger partial charge in [0.2, 0.25) is 11.8 Å². The zero-order valence-corrected chi connectivity index (χ0v) is 14.8. The number of carbonyl (C=O) groups excluding carboxylic acids is 2. The molecule has 0 saturated carbocycles. The van der Waals surface area contributed by atoms with Crippen molar-refractivity contribution in [3.8, 4) is 5.75 Å². The molecule has 2 heterocycles. The van der Waals surface area contributed by atoms with E-state index in [1.54, 1.807) is 35.4 Å². The van der Waals surface area contributed by atoms with E-state index in [4.69, 9.17) is 9.15 Å². The van der Waals surface area contributed by atoms with Crippen LogP contribution >= 0.6 is 0 Å². The summed E-state index contributed by atoms with van der Waals surface area (Å²) in [6.45, 7) is 0.844. The number of likely N-dealkylation sites (tertiary alicyclic amines) is 1. The van der Waals surface area contributed by atoms with Crippen LogP contribution in [0.1, 0.15) is 28.1 Å². The molecule has 0 bridgehead atoms. The number of carboxylic acid groups (broad SMARTS) is 1. The predicted molar refractivity (Wildman–Crippen MR) is 94.0 cm³/mol. The van der Waals surface area contributed by atoms with Crippen molar-refractivity contribution in [1.82, 2.24) is 10.2 Å². The highest BCUT2D eigenvalue weighted by atomic mass is 16.5.